The van der Waals surface area contributed by atoms with Crippen molar-refractivity contribution in [2.75, 3.05) is 26.7 Å². The van der Waals surface area contributed by atoms with E-state index in [0.29, 0.717) is 10.9 Å². The zero-order valence-electron chi connectivity index (χ0n) is 11.3. The molecule has 0 saturated carbocycles. The first-order chi connectivity index (χ1) is 9.19. The monoisotopic (exact) mass is 281 g/mol. The quantitative estimate of drug-likeness (QED) is 0.889. The van der Waals surface area contributed by atoms with E-state index in [1.807, 2.05) is 6.92 Å². The van der Waals surface area contributed by atoms with Crippen molar-refractivity contribution < 1.29 is 9.53 Å². The zero-order chi connectivity index (χ0) is 13.4. The van der Waals surface area contributed by atoms with Crippen molar-refractivity contribution in [2.45, 2.75) is 31.9 Å². The number of aryl methyl sites for hydroxylation is 1. The molecule has 2 atom stereocenters. The molecule has 5 nitrogen and oxygen atoms in total. The number of morpholine rings is 1. The van der Waals surface area contributed by atoms with Gasteiger partial charge in [-0.1, -0.05) is 0 Å². The number of hydrogen-bond donors (Lipinski definition) is 1. The van der Waals surface area contributed by atoms with E-state index in [4.69, 9.17) is 4.74 Å². The zero-order valence-corrected chi connectivity index (χ0v) is 12.1. The molecule has 1 N–H and O–H groups in total. The van der Waals surface area contributed by atoms with Gasteiger partial charge >= 0.3 is 0 Å². The van der Waals surface area contributed by atoms with E-state index in [-0.39, 0.29) is 12.0 Å². The fraction of sp³-hybridized carbons (Fsp3) is 0.692. The van der Waals surface area contributed by atoms with Gasteiger partial charge in [0, 0.05) is 19.6 Å². The molecule has 19 heavy (non-hydrogen) atoms. The maximum absolute atomic E-state index is 11.7. The minimum Gasteiger partial charge on any atom is -0.368 e. The van der Waals surface area contributed by atoms with Crippen LogP contribution in [0.3, 0.4) is 0 Å². The Morgan fingerprint density at radius 1 is 1.58 bits per heavy atom. The van der Waals surface area contributed by atoms with Crippen LogP contribution in [0.2, 0.25) is 0 Å². The Kier molecular flexibility index (Phi) is 3.56. The molecule has 2 saturated heterocycles. The van der Waals surface area contributed by atoms with Crippen molar-refractivity contribution in [2.24, 2.45) is 0 Å². The minimum atomic E-state index is -0.0592. The number of thiazole rings is 1. The summed E-state index contributed by atoms with van der Waals surface area (Å²) in [6.45, 7) is 4.74. The highest BCUT2D eigenvalue weighted by Gasteiger charge is 2.34. The van der Waals surface area contributed by atoms with E-state index in [0.717, 1.165) is 30.4 Å². The third-order valence-corrected chi connectivity index (χ3v) is 5.16. The predicted molar refractivity (Wildman–Crippen MR) is 73.5 cm³/mol. The average Bonchev–Trinajstić information content (AvgIpc) is 3.03. The third-order valence-electron chi connectivity index (χ3n) is 3.91. The average molecular weight is 281 g/mol. The molecule has 0 bridgehead atoms. The summed E-state index contributed by atoms with van der Waals surface area (Å²) in [5.41, 5.74) is 0.798. The first kappa shape index (κ1) is 13.0. The SMILES string of the molecule is CNC(=O)c1sc([C@H]2CN3CCC[C@H]3CO2)nc1C. The Morgan fingerprint density at radius 3 is 3.21 bits per heavy atom. The number of carbonyl (C=O) groups excluding carboxylic acids is 1. The molecular weight excluding hydrogens is 262 g/mol. The molecule has 3 heterocycles. The van der Waals surface area contributed by atoms with Crippen LogP contribution in [0.1, 0.15) is 39.3 Å². The molecule has 104 valence electrons. The molecule has 0 aromatic carbocycles. The molecule has 0 unspecified atom stereocenters. The number of fused-ring (bicyclic) bond motifs is 1. The van der Waals surface area contributed by atoms with Crippen molar-refractivity contribution in [1.82, 2.24) is 15.2 Å². The van der Waals surface area contributed by atoms with Crippen molar-refractivity contribution in [3.8, 4) is 0 Å². The first-order valence-corrected chi connectivity index (χ1v) is 7.55. The summed E-state index contributed by atoms with van der Waals surface area (Å²) in [6.07, 6.45) is 2.53. The van der Waals surface area contributed by atoms with Gasteiger partial charge in [0.1, 0.15) is 16.0 Å². The molecule has 2 aliphatic rings. The molecule has 0 spiro atoms. The van der Waals surface area contributed by atoms with Crippen molar-refractivity contribution in [1.29, 1.82) is 0 Å². The number of nitrogens with one attached hydrogen (secondary N) is 1. The maximum Gasteiger partial charge on any atom is 0.263 e. The second-order valence-corrected chi connectivity index (χ2v) is 6.19. The van der Waals surface area contributed by atoms with Crippen molar-refractivity contribution in [3.05, 3.63) is 15.6 Å². The number of aromatic nitrogens is 1. The molecule has 0 radical (unpaired) electrons. The Hall–Kier alpha value is -0.980. The summed E-state index contributed by atoms with van der Waals surface area (Å²) in [6, 6.07) is 0.593. The summed E-state index contributed by atoms with van der Waals surface area (Å²) in [5, 5.41) is 3.59. The van der Waals surface area contributed by atoms with Crippen LogP contribution in [0.4, 0.5) is 0 Å². The van der Waals surface area contributed by atoms with Gasteiger partial charge in [-0.3, -0.25) is 9.69 Å². The smallest absolute Gasteiger partial charge is 0.263 e. The van der Waals surface area contributed by atoms with E-state index in [1.54, 1.807) is 7.05 Å². The molecule has 2 aliphatic heterocycles. The second kappa shape index (κ2) is 5.19. The van der Waals surface area contributed by atoms with Gasteiger partial charge in [-0.2, -0.15) is 0 Å². The summed E-state index contributed by atoms with van der Waals surface area (Å²) < 4.78 is 5.93. The normalized spacial score (nSPS) is 27.3. The standard InChI is InChI=1S/C13H19N3O2S/c1-8-11(12(17)14-2)19-13(15-8)10-6-16-5-3-4-9(16)7-18-10/h9-10H,3-7H2,1-2H3,(H,14,17)/t9-,10+/m0/s1. The highest BCUT2D eigenvalue weighted by Crippen LogP contribution is 2.33. The van der Waals surface area contributed by atoms with E-state index >= 15 is 0 Å². The lowest BCUT2D eigenvalue weighted by molar-refractivity contribution is -0.0502. The Bertz CT molecular complexity index is 488. The fourth-order valence-corrected chi connectivity index (χ4v) is 3.90. The number of ether oxygens (including phenoxy) is 1. The lowest BCUT2D eigenvalue weighted by atomic mass is 10.2. The topological polar surface area (TPSA) is 54.5 Å². The first-order valence-electron chi connectivity index (χ1n) is 6.74. The van der Waals surface area contributed by atoms with Crippen molar-refractivity contribution >= 4 is 17.2 Å². The van der Waals surface area contributed by atoms with Crippen LogP contribution < -0.4 is 5.32 Å². The van der Waals surface area contributed by atoms with Crippen LogP contribution in [-0.4, -0.2) is 48.6 Å². The van der Waals surface area contributed by atoms with Gasteiger partial charge < -0.3 is 10.1 Å². The highest BCUT2D eigenvalue weighted by molar-refractivity contribution is 7.13. The van der Waals surface area contributed by atoms with Crippen LogP contribution in [0.5, 0.6) is 0 Å². The molecule has 1 amide bonds. The van der Waals surface area contributed by atoms with Gasteiger partial charge in [0.15, 0.2) is 0 Å². The number of amides is 1. The summed E-state index contributed by atoms with van der Waals surface area (Å²) in [7, 11) is 1.65. The molecule has 1 aromatic rings. The Labute approximate surface area is 117 Å². The van der Waals surface area contributed by atoms with Gasteiger partial charge in [0.25, 0.3) is 5.91 Å². The fourth-order valence-electron chi connectivity index (χ4n) is 2.85. The van der Waals surface area contributed by atoms with E-state index in [2.05, 4.69) is 15.2 Å². The molecule has 6 heteroatoms. The largest absolute Gasteiger partial charge is 0.368 e. The number of carbonyl (C=O) groups is 1. The van der Waals surface area contributed by atoms with E-state index < -0.39 is 0 Å². The van der Waals surface area contributed by atoms with Gasteiger partial charge in [-0.05, 0) is 26.3 Å². The number of nitrogens with zero attached hydrogens (tertiary/aromatic N) is 2. The lowest BCUT2D eigenvalue weighted by Gasteiger charge is -2.34. The maximum atomic E-state index is 11.7. The Balaban J connectivity index is 1.77. The van der Waals surface area contributed by atoms with Crippen LogP contribution in [-0.2, 0) is 4.74 Å². The van der Waals surface area contributed by atoms with Crippen molar-refractivity contribution in [3.63, 3.8) is 0 Å². The van der Waals surface area contributed by atoms with Gasteiger partial charge in [-0.25, -0.2) is 4.98 Å². The number of rotatable bonds is 2. The van der Waals surface area contributed by atoms with E-state index in [9.17, 15) is 4.79 Å². The highest BCUT2D eigenvalue weighted by atomic mass is 32.1. The Morgan fingerprint density at radius 2 is 2.42 bits per heavy atom. The molecule has 2 fully saturated rings. The van der Waals surface area contributed by atoms with Crippen LogP contribution in [0.15, 0.2) is 0 Å². The van der Waals surface area contributed by atoms with Gasteiger partial charge in [-0.15, -0.1) is 11.3 Å². The molecule has 0 aliphatic carbocycles. The minimum absolute atomic E-state index is 0.0245. The summed E-state index contributed by atoms with van der Waals surface area (Å²) in [4.78, 5) is 19.4. The van der Waals surface area contributed by atoms with E-state index in [1.165, 1.54) is 24.2 Å². The summed E-state index contributed by atoms with van der Waals surface area (Å²) >= 11 is 1.46. The number of hydrogen-bond acceptors (Lipinski definition) is 5. The van der Waals surface area contributed by atoms with Crippen LogP contribution in [0.25, 0.3) is 0 Å². The molecular formula is C13H19N3O2S. The van der Waals surface area contributed by atoms with Gasteiger partial charge in [0.2, 0.25) is 0 Å². The molecule has 1 aromatic heterocycles. The predicted octanol–water partition coefficient (Wildman–Crippen LogP) is 1.35. The molecule has 3 rings (SSSR count). The second-order valence-electron chi connectivity index (χ2n) is 5.16. The third kappa shape index (κ3) is 2.40. The van der Waals surface area contributed by atoms with Gasteiger partial charge in [0.05, 0.1) is 12.3 Å². The van der Waals surface area contributed by atoms with Crippen LogP contribution in [0, 0.1) is 6.92 Å². The lowest BCUT2D eigenvalue weighted by Crippen LogP contribution is -2.42. The van der Waals surface area contributed by atoms with Crippen LogP contribution >= 0.6 is 11.3 Å². The summed E-state index contributed by atoms with van der Waals surface area (Å²) in [5.74, 6) is -0.0592.